The Balaban J connectivity index is 1.27. The van der Waals surface area contributed by atoms with E-state index < -0.39 is 0 Å². The van der Waals surface area contributed by atoms with Crippen LogP contribution < -0.4 is 25.0 Å². The molecule has 2 aromatic carbocycles. The van der Waals surface area contributed by atoms with E-state index in [-0.39, 0.29) is 16.9 Å². The van der Waals surface area contributed by atoms with Crippen LogP contribution in [0.25, 0.3) is 0 Å². The highest BCUT2D eigenvalue weighted by Crippen LogP contribution is 2.42. The maximum absolute atomic E-state index is 6.91. The van der Waals surface area contributed by atoms with Crippen LogP contribution in [0.15, 0.2) is 42.5 Å². The van der Waals surface area contributed by atoms with Crippen molar-refractivity contribution in [2.45, 2.75) is 83.1 Å². The lowest BCUT2D eigenvalue weighted by Crippen LogP contribution is -2.55. The van der Waals surface area contributed by atoms with Crippen molar-refractivity contribution in [3.8, 4) is 11.5 Å². The fourth-order valence-corrected chi connectivity index (χ4v) is 7.07. The molecular formula is C36H55N3O5. The Labute approximate surface area is 265 Å². The Hall–Kier alpha value is -2.36. The van der Waals surface area contributed by atoms with Gasteiger partial charge in [-0.1, -0.05) is 32.0 Å². The van der Waals surface area contributed by atoms with Crippen molar-refractivity contribution in [2.75, 3.05) is 71.7 Å². The highest BCUT2D eigenvalue weighted by molar-refractivity contribution is 5.61. The molecule has 3 atom stereocenters. The standard InChI is InChI=1S/C36H55N3O5/c1-35(2,25-37-29-13-18-42-19-14-29)23-30-22-32(28-8-10-31(41-5)11-9-28)36(3,26-38-30)44-24-27-7-12-34-33(21-27)39(16-20-43-34)15-6-17-40-4/h7-12,21,29-30,32,37-38H,6,13-20,22-26H2,1-5H3/t30-,32?,36+/m0/s1. The molecule has 0 saturated carbocycles. The van der Waals surface area contributed by atoms with Crippen LogP contribution in [0.4, 0.5) is 5.69 Å². The summed E-state index contributed by atoms with van der Waals surface area (Å²) in [4.78, 5) is 2.41. The SMILES string of the molecule is COCCCN1CCOc2ccc(CO[C@]3(C)CN[C@H](CC(C)(C)CNC4CCOCC4)CC3c3ccc(OC)cc3)cc21. The van der Waals surface area contributed by atoms with Crippen LogP contribution in [-0.2, 0) is 20.8 Å². The normalized spacial score (nSPS) is 24.5. The lowest BCUT2D eigenvalue weighted by atomic mass is 9.72. The molecule has 2 aromatic rings. The van der Waals surface area contributed by atoms with E-state index in [1.54, 1.807) is 14.2 Å². The number of nitrogens with one attached hydrogen (secondary N) is 2. The van der Waals surface area contributed by atoms with Crippen LogP contribution in [0.3, 0.4) is 0 Å². The number of piperidine rings is 1. The van der Waals surface area contributed by atoms with E-state index in [1.165, 1.54) is 11.1 Å². The number of ether oxygens (including phenoxy) is 5. The molecule has 8 heteroatoms. The molecule has 244 valence electrons. The lowest BCUT2D eigenvalue weighted by molar-refractivity contribution is -0.0806. The number of anilines is 1. The molecule has 3 aliphatic rings. The van der Waals surface area contributed by atoms with Crippen LogP contribution in [0.1, 0.15) is 69.9 Å². The average Bonchev–Trinajstić information content (AvgIpc) is 3.04. The van der Waals surface area contributed by atoms with E-state index in [2.05, 4.69) is 78.8 Å². The van der Waals surface area contributed by atoms with E-state index in [9.17, 15) is 0 Å². The first-order chi connectivity index (χ1) is 21.3. The van der Waals surface area contributed by atoms with Gasteiger partial charge in [0.05, 0.1) is 31.5 Å². The van der Waals surface area contributed by atoms with E-state index in [4.69, 9.17) is 23.7 Å². The van der Waals surface area contributed by atoms with E-state index >= 15 is 0 Å². The highest BCUT2D eigenvalue weighted by Gasteiger charge is 2.43. The summed E-state index contributed by atoms with van der Waals surface area (Å²) in [6.07, 6.45) is 5.34. The molecule has 3 aliphatic heterocycles. The summed E-state index contributed by atoms with van der Waals surface area (Å²) in [7, 11) is 3.49. The molecule has 8 nitrogen and oxygen atoms in total. The molecular weight excluding hydrogens is 554 g/mol. The van der Waals surface area contributed by atoms with Crippen molar-refractivity contribution in [3.63, 3.8) is 0 Å². The fourth-order valence-electron chi connectivity index (χ4n) is 7.07. The molecule has 1 unspecified atom stereocenters. The maximum atomic E-state index is 6.91. The van der Waals surface area contributed by atoms with Gasteiger partial charge in [0.1, 0.15) is 18.1 Å². The van der Waals surface area contributed by atoms with Crippen molar-refractivity contribution in [3.05, 3.63) is 53.6 Å². The summed E-state index contributed by atoms with van der Waals surface area (Å²) >= 11 is 0. The second-order valence-corrected chi connectivity index (χ2v) is 13.9. The van der Waals surface area contributed by atoms with Gasteiger partial charge >= 0.3 is 0 Å². The molecule has 5 rings (SSSR count). The molecule has 2 fully saturated rings. The Bertz CT molecular complexity index is 1170. The topological polar surface area (TPSA) is 73.5 Å². The first-order valence-corrected chi connectivity index (χ1v) is 16.6. The van der Waals surface area contributed by atoms with Gasteiger partial charge in [-0.25, -0.2) is 0 Å². The van der Waals surface area contributed by atoms with Gasteiger partial charge in [0.25, 0.3) is 0 Å². The predicted octanol–water partition coefficient (Wildman–Crippen LogP) is 5.54. The molecule has 0 radical (unpaired) electrons. The van der Waals surface area contributed by atoms with Crippen LogP contribution in [0, 0.1) is 5.41 Å². The zero-order chi connectivity index (χ0) is 31.0. The highest BCUT2D eigenvalue weighted by atomic mass is 16.5. The Morgan fingerprint density at radius 1 is 1.07 bits per heavy atom. The first kappa shape index (κ1) is 33.0. The fraction of sp³-hybridized carbons (Fsp3) is 0.667. The van der Waals surface area contributed by atoms with Gasteiger partial charge < -0.3 is 39.2 Å². The maximum Gasteiger partial charge on any atom is 0.142 e. The lowest BCUT2D eigenvalue weighted by Gasteiger charge is -2.47. The third-order valence-electron chi connectivity index (χ3n) is 9.73. The Morgan fingerprint density at radius 2 is 1.86 bits per heavy atom. The minimum atomic E-state index is -0.361. The zero-order valence-corrected chi connectivity index (χ0v) is 27.7. The number of methoxy groups -OCH3 is 2. The van der Waals surface area contributed by atoms with Gasteiger partial charge in [0.15, 0.2) is 0 Å². The third-order valence-corrected chi connectivity index (χ3v) is 9.73. The zero-order valence-electron chi connectivity index (χ0n) is 27.7. The average molecular weight is 610 g/mol. The van der Waals surface area contributed by atoms with Gasteiger partial charge in [-0.15, -0.1) is 0 Å². The molecule has 0 amide bonds. The summed E-state index contributed by atoms with van der Waals surface area (Å²) in [5, 5.41) is 7.75. The van der Waals surface area contributed by atoms with Crippen molar-refractivity contribution in [1.82, 2.24) is 10.6 Å². The summed E-state index contributed by atoms with van der Waals surface area (Å²) in [6.45, 7) is 14.5. The third kappa shape index (κ3) is 8.67. The Kier molecular flexibility index (Phi) is 11.5. The number of rotatable bonds is 14. The van der Waals surface area contributed by atoms with Crippen LogP contribution in [0.2, 0.25) is 0 Å². The number of nitrogens with zero attached hydrogens (tertiary/aromatic N) is 1. The molecule has 0 aliphatic carbocycles. The smallest absolute Gasteiger partial charge is 0.142 e. The quantitative estimate of drug-likeness (QED) is 0.271. The number of hydrogen-bond acceptors (Lipinski definition) is 8. The number of hydrogen-bond donors (Lipinski definition) is 2. The second kappa shape index (κ2) is 15.3. The van der Waals surface area contributed by atoms with Crippen molar-refractivity contribution in [1.29, 1.82) is 0 Å². The molecule has 44 heavy (non-hydrogen) atoms. The summed E-state index contributed by atoms with van der Waals surface area (Å²) in [5.74, 6) is 2.09. The van der Waals surface area contributed by atoms with Gasteiger partial charge in [-0.2, -0.15) is 0 Å². The largest absolute Gasteiger partial charge is 0.497 e. The van der Waals surface area contributed by atoms with E-state index in [0.29, 0.717) is 25.3 Å². The predicted molar refractivity (Wildman–Crippen MR) is 176 cm³/mol. The molecule has 0 spiro atoms. The molecule has 3 heterocycles. The number of benzene rings is 2. The van der Waals surface area contributed by atoms with E-state index in [0.717, 1.165) is 95.3 Å². The second-order valence-electron chi connectivity index (χ2n) is 13.9. The van der Waals surface area contributed by atoms with Crippen molar-refractivity contribution < 1.29 is 23.7 Å². The van der Waals surface area contributed by atoms with Crippen LogP contribution >= 0.6 is 0 Å². The van der Waals surface area contributed by atoms with Gasteiger partial charge in [0.2, 0.25) is 0 Å². The van der Waals surface area contributed by atoms with Crippen molar-refractivity contribution in [2.24, 2.45) is 5.41 Å². The number of fused-ring (bicyclic) bond motifs is 1. The van der Waals surface area contributed by atoms with Crippen molar-refractivity contribution >= 4 is 5.69 Å². The molecule has 0 aromatic heterocycles. The van der Waals surface area contributed by atoms with Crippen LogP contribution in [0.5, 0.6) is 11.5 Å². The summed E-state index contributed by atoms with van der Waals surface area (Å²) in [5.41, 5.74) is 3.45. The Morgan fingerprint density at radius 3 is 2.61 bits per heavy atom. The summed E-state index contributed by atoms with van der Waals surface area (Å²) < 4.78 is 29.2. The first-order valence-electron chi connectivity index (χ1n) is 16.6. The van der Waals surface area contributed by atoms with Gasteiger partial charge in [-0.3, -0.25) is 0 Å². The van der Waals surface area contributed by atoms with Crippen LogP contribution in [-0.4, -0.2) is 84.5 Å². The molecule has 0 bridgehead atoms. The summed E-state index contributed by atoms with van der Waals surface area (Å²) in [6, 6.07) is 16.1. The minimum absolute atomic E-state index is 0.176. The minimum Gasteiger partial charge on any atom is -0.497 e. The van der Waals surface area contributed by atoms with E-state index in [1.807, 2.05) is 0 Å². The van der Waals surface area contributed by atoms with Gasteiger partial charge in [-0.05, 0) is 79.8 Å². The molecule has 2 saturated heterocycles. The molecule has 2 N–H and O–H groups in total. The van der Waals surface area contributed by atoms with Gasteiger partial charge in [0, 0.05) is 64.6 Å². The monoisotopic (exact) mass is 609 g/mol.